The van der Waals surface area contributed by atoms with Crippen molar-refractivity contribution in [2.75, 3.05) is 0 Å². The molecule has 78 valence electrons. The van der Waals surface area contributed by atoms with Crippen LogP contribution in [0.15, 0.2) is 21.8 Å². The topological polar surface area (TPSA) is 60.7 Å². The Morgan fingerprint density at radius 2 is 2.33 bits per heavy atom. The van der Waals surface area contributed by atoms with E-state index in [4.69, 9.17) is 0 Å². The molecule has 7 heteroatoms. The summed E-state index contributed by atoms with van der Waals surface area (Å²) < 4.78 is 1.94. The lowest BCUT2D eigenvalue weighted by molar-refractivity contribution is 0.718. The number of halogens is 1. The Morgan fingerprint density at radius 3 is 3.00 bits per heavy atom. The Bertz CT molecular complexity index is 535. The van der Waals surface area contributed by atoms with E-state index in [1.165, 1.54) is 28.4 Å². The predicted octanol–water partition coefficient (Wildman–Crippen LogP) is 1.21. The van der Waals surface area contributed by atoms with Crippen molar-refractivity contribution < 1.29 is 0 Å². The molecule has 0 spiro atoms. The summed E-state index contributed by atoms with van der Waals surface area (Å²) in [6.07, 6.45) is 2.97. The van der Waals surface area contributed by atoms with Crippen molar-refractivity contribution in [2.24, 2.45) is 0 Å². The van der Waals surface area contributed by atoms with Gasteiger partial charge in [0, 0.05) is 6.20 Å². The van der Waals surface area contributed by atoms with Gasteiger partial charge in [0.25, 0.3) is 5.56 Å². The van der Waals surface area contributed by atoms with E-state index in [-0.39, 0.29) is 5.56 Å². The van der Waals surface area contributed by atoms with Crippen LogP contribution in [0.1, 0.15) is 10.0 Å². The Hall–Kier alpha value is -1.08. The van der Waals surface area contributed by atoms with Gasteiger partial charge in [-0.2, -0.15) is 0 Å². The Labute approximate surface area is 97.9 Å². The van der Waals surface area contributed by atoms with Gasteiger partial charge in [-0.1, -0.05) is 11.3 Å². The number of aromatic nitrogens is 4. The predicted molar refractivity (Wildman–Crippen MR) is 59.9 cm³/mol. The van der Waals surface area contributed by atoms with Crippen LogP contribution in [0.25, 0.3) is 0 Å². The fraction of sp³-hybridized carbons (Fsp3) is 0.250. The summed E-state index contributed by atoms with van der Waals surface area (Å²) in [6.45, 7) is 2.29. The molecule has 2 heterocycles. The lowest BCUT2D eigenvalue weighted by atomic mass is 10.6. The van der Waals surface area contributed by atoms with E-state index in [0.29, 0.717) is 11.0 Å². The van der Waals surface area contributed by atoms with Gasteiger partial charge in [-0.3, -0.25) is 9.36 Å². The lowest BCUT2D eigenvalue weighted by Crippen LogP contribution is -2.21. The smallest absolute Gasteiger partial charge is 0.267 e. The van der Waals surface area contributed by atoms with Crippen molar-refractivity contribution in [1.29, 1.82) is 0 Å². The maximum atomic E-state index is 11.6. The van der Waals surface area contributed by atoms with E-state index in [1.54, 1.807) is 0 Å². The molecule has 0 saturated carbocycles. The summed E-state index contributed by atoms with van der Waals surface area (Å²) in [7, 11) is 0. The molecule has 0 aromatic carbocycles. The SMILES string of the molecule is Cc1nnc(Cn2cncc(Br)c2=O)s1. The quantitative estimate of drug-likeness (QED) is 0.833. The highest BCUT2D eigenvalue weighted by atomic mass is 79.9. The minimum atomic E-state index is -0.113. The molecular formula is C8H7BrN4OS. The summed E-state index contributed by atoms with van der Waals surface area (Å²) in [5, 5.41) is 9.52. The number of hydrogen-bond acceptors (Lipinski definition) is 5. The summed E-state index contributed by atoms with van der Waals surface area (Å²) in [5.74, 6) is 0. The first-order valence-corrected chi connectivity index (χ1v) is 5.76. The highest BCUT2D eigenvalue weighted by molar-refractivity contribution is 9.10. The van der Waals surface area contributed by atoms with Crippen LogP contribution in [0.5, 0.6) is 0 Å². The molecule has 0 amide bonds. The van der Waals surface area contributed by atoms with Gasteiger partial charge in [0.2, 0.25) is 0 Å². The molecule has 2 rings (SSSR count). The van der Waals surface area contributed by atoms with Crippen LogP contribution >= 0.6 is 27.3 Å². The largest absolute Gasteiger partial charge is 0.291 e. The minimum absolute atomic E-state index is 0.113. The van der Waals surface area contributed by atoms with E-state index in [1.807, 2.05) is 6.92 Å². The van der Waals surface area contributed by atoms with Gasteiger partial charge in [-0.15, -0.1) is 10.2 Å². The average Bonchev–Trinajstić information content (AvgIpc) is 2.59. The summed E-state index contributed by atoms with van der Waals surface area (Å²) >= 11 is 4.61. The second kappa shape index (κ2) is 4.19. The number of hydrogen-bond donors (Lipinski definition) is 0. The van der Waals surface area contributed by atoms with E-state index >= 15 is 0 Å². The van der Waals surface area contributed by atoms with E-state index in [0.717, 1.165) is 10.0 Å². The van der Waals surface area contributed by atoms with Gasteiger partial charge in [0.05, 0.1) is 12.9 Å². The molecule has 0 N–H and O–H groups in total. The Balaban J connectivity index is 2.32. The molecule has 15 heavy (non-hydrogen) atoms. The Morgan fingerprint density at radius 1 is 1.53 bits per heavy atom. The van der Waals surface area contributed by atoms with Crippen molar-refractivity contribution in [3.63, 3.8) is 0 Å². The third-order valence-electron chi connectivity index (χ3n) is 1.73. The average molecular weight is 287 g/mol. The maximum Gasteiger partial charge on any atom is 0.267 e. The van der Waals surface area contributed by atoms with Crippen LogP contribution in [0.4, 0.5) is 0 Å². The zero-order chi connectivity index (χ0) is 10.8. The third-order valence-corrected chi connectivity index (χ3v) is 3.10. The maximum absolute atomic E-state index is 11.6. The van der Waals surface area contributed by atoms with Gasteiger partial charge < -0.3 is 0 Å². The second-order valence-corrected chi connectivity index (χ2v) is 5.01. The molecule has 2 aromatic rings. The molecule has 0 unspecified atom stereocenters. The van der Waals surface area contributed by atoms with Gasteiger partial charge in [-0.05, 0) is 22.9 Å². The van der Waals surface area contributed by atoms with Gasteiger partial charge in [-0.25, -0.2) is 4.98 Å². The zero-order valence-corrected chi connectivity index (χ0v) is 10.2. The monoisotopic (exact) mass is 286 g/mol. The summed E-state index contributed by atoms with van der Waals surface area (Å²) in [4.78, 5) is 15.5. The van der Waals surface area contributed by atoms with Crippen molar-refractivity contribution in [3.8, 4) is 0 Å². The molecule has 0 aliphatic carbocycles. The fourth-order valence-corrected chi connectivity index (χ4v) is 2.14. The fourth-order valence-electron chi connectivity index (χ4n) is 1.08. The first-order chi connectivity index (χ1) is 7.16. The molecule has 5 nitrogen and oxygen atoms in total. The molecule has 0 aliphatic heterocycles. The number of aryl methyl sites for hydroxylation is 1. The molecule has 0 radical (unpaired) electrons. The zero-order valence-electron chi connectivity index (χ0n) is 7.85. The molecule has 0 atom stereocenters. The summed E-state index contributed by atoms with van der Waals surface area (Å²) in [5.41, 5.74) is -0.113. The highest BCUT2D eigenvalue weighted by Crippen LogP contribution is 2.09. The van der Waals surface area contributed by atoms with Crippen molar-refractivity contribution >= 4 is 27.3 Å². The van der Waals surface area contributed by atoms with Crippen molar-refractivity contribution in [3.05, 3.63) is 37.4 Å². The lowest BCUT2D eigenvalue weighted by Gasteiger charge is -2.00. The van der Waals surface area contributed by atoms with Crippen LogP contribution in [0.3, 0.4) is 0 Å². The van der Waals surface area contributed by atoms with Crippen LogP contribution in [0.2, 0.25) is 0 Å². The third kappa shape index (κ3) is 2.29. The van der Waals surface area contributed by atoms with E-state index in [2.05, 4.69) is 31.1 Å². The van der Waals surface area contributed by atoms with Gasteiger partial charge in [0.15, 0.2) is 0 Å². The van der Waals surface area contributed by atoms with Crippen molar-refractivity contribution in [1.82, 2.24) is 19.7 Å². The van der Waals surface area contributed by atoms with Gasteiger partial charge in [0.1, 0.15) is 14.5 Å². The molecule has 0 fully saturated rings. The van der Waals surface area contributed by atoms with Crippen LogP contribution in [0, 0.1) is 6.92 Å². The van der Waals surface area contributed by atoms with Crippen LogP contribution in [-0.2, 0) is 6.54 Å². The van der Waals surface area contributed by atoms with Crippen molar-refractivity contribution in [2.45, 2.75) is 13.5 Å². The molecule has 0 bridgehead atoms. The van der Waals surface area contributed by atoms with E-state index in [9.17, 15) is 4.79 Å². The normalized spacial score (nSPS) is 10.5. The molecular weight excluding hydrogens is 280 g/mol. The molecule has 2 aromatic heterocycles. The minimum Gasteiger partial charge on any atom is -0.291 e. The first-order valence-electron chi connectivity index (χ1n) is 4.16. The second-order valence-electron chi connectivity index (χ2n) is 2.89. The molecule has 0 saturated heterocycles. The van der Waals surface area contributed by atoms with Crippen LogP contribution in [-0.4, -0.2) is 19.7 Å². The summed E-state index contributed by atoms with van der Waals surface area (Å²) in [6, 6.07) is 0. The first kappa shape index (κ1) is 10.4. The Kier molecular flexibility index (Phi) is 2.92. The standard InChI is InChI=1S/C8H7BrN4OS/c1-5-11-12-7(15-5)3-13-4-10-2-6(9)8(13)14/h2,4H,3H2,1H3. The molecule has 0 aliphatic rings. The highest BCUT2D eigenvalue weighted by Gasteiger charge is 2.05. The van der Waals surface area contributed by atoms with Crippen LogP contribution < -0.4 is 5.56 Å². The van der Waals surface area contributed by atoms with E-state index < -0.39 is 0 Å². The number of rotatable bonds is 2. The number of nitrogens with zero attached hydrogens (tertiary/aromatic N) is 4. The van der Waals surface area contributed by atoms with Gasteiger partial charge >= 0.3 is 0 Å².